The zero-order valence-electron chi connectivity index (χ0n) is 12.7. The summed E-state index contributed by atoms with van der Waals surface area (Å²) in [5, 5.41) is 6.30. The maximum absolute atomic E-state index is 12.5. The second-order valence-electron chi connectivity index (χ2n) is 5.58. The Labute approximate surface area is 144 Å². The van der Waals surface area contributed by atoms with Gasteiger partial charge in [-0.25, -0.2) is 0 Å². The Balaban J connectivity index is 1.68. The molecule has 1 aliphatic rings. The fourth-order valence-corrected chi connectivity index (χ4v) is 3.06. The number of ether oxygens (including phenoxy) is 1. The SMILES string of the molecule is O=C(NC1CCNC1)c1ccccc1OCc1cccc(Br)c1. The first-order valence-corrected chi connectivity index (χ1v) is 8.49. The standard InChI is InChI=1S/C18H19BrN2O2/c19-14-5-3-4-13(10-14)12-23-17-7-2-1-6-16(17)18(22)21-15-8-9-20-11-15/h1-7,10,15,20H,8-9,11-12H2,(H,21,22). The van der Waals surface area contributed by atoms with E-state index in [9.17, 15) is 4.79 Å². The van der Waals surface area contributed by atoms with Gasteiger partial charge in [-0.05, 0) is 42.8 Å². The van der Waals surface area contributed by atoms with Crippen LogP contribution >= 0.6 is 15.9 Å². The normalized spacial score (nSPS) is 17.0. The van der Waals surface area contributed by atoms with Gasteiger partial charge in [0.2, 0.25) is 0 Å². The third kappa shape index (κ3) is 4.33. The van der Waals surface area contributed by atoms with E-state index in [4.69, 9.17) is 4.74 Å². The van der Waals surface area contributed by atoms with Crippen LogP contribution < -0.4 is 15.4 Å². The molecule has 0 saturated carbocycles. The van der Waals surface area contributed by atoms with Gasteiger partial charge in [-0.2, -0.15) is 0 Å². The number of halogens is 1. The number of nitrogens with one attached hydrogen (secondary N) is 2. The van der Waals surface area contributed by atoms with Crippen molar-refractivity contribution >= 4 is 21.8 Å². The van der Waals surface area contributed by atoms with Crippen molar-refractivity contribution in [2.24, 2.45) is 0 Å². The summed E-state index contributed by atoms with van der Waals surface area (Å²) in [6, 6.07) is 15.5. The van der Waals surface area contributed by atoms with E-state index in [1.54, 1.807) is 6.07 Å². The summed E-state index contributed by atoms with van der Waals surface area (Å²) >= 11 is 3.45. The molecule has 4 nitrogen and oxygen atoms in total. The molecular weight excluding hydrogens is 356 g/mol. The summed E-state index contributed by atoms with van der Waals surface area (Å²) in [7, 11) is 0. The molecule has 2 N–H and O–H groups in total. The number of para-hydroxylation sites is 1. The largest absolute Gasteiger partial charge is 0.488 e. The van der Waals surface area contributed by atoms with E-state index in [2.05, 4.69) is 26.6 Å². The molecule has 120 valence electrons. The Hall–Kier alpha value is -1.85. The zero-order valence-corrected chi connectivity index (χ0v) is 14.3. The summed E-state index contributed by atoms with van der Waals surface area (Å²) in [5.41, 5.74) is 1.63. The lowest BCUT2D eigenvalue weighted by atomic mass is 10.1. The van der Waals surface area contributed by atoms with Crippen molar-refractivity contribution in [3.05, 3.63) is 64.1 Å². The van der Waals surface area contributed by atoms with Crippen molar-refractivity contribution in [3.63, 3.8) is 0 Å². The number of hydrogen-bond donors (Lipinski definition) is 2. The minimum atomic E-state index is -0.0801. The van der Waals surface area contributed by atoms with Crippen LogP contribution in [0.4, 0.5) is 0 Å². The van der Waals surface area contributed by atoms with Crippen LogP contribution in [0.5, 0.6) is 5.75 Å². The first kappa shape index (κ1) is 16.0. The molecular formula is C18H19BrN2O2. The number of carbonyl (C=O) groups excluding carboxylic acids is 1. The van der Waals surface area contributed by atoms with Gasteiger partial charge in [0, 0.05) is 17.1 Å². The van der Waals surface area contributed by atoms with E-state index in [1.165, 1.54) is 0 Å². The Morgan fingerprint density at radius 1 is 1.26 bits per heavy atom. The minimum absolute atomic E-state index is 0.0801. The Kier molecular flexibility index (Phi) is 5.31. The summed E-state index contributed by atoms with van der Waals surface area (Å²) in [6.07, 6.45) is 0.965. The van der Waals surface area contributed by atoms with Gasteiger partial charge in [-0.1, -0.05) is 40.2 Å². The van der Waals surface area contributed by atoms with Crippen LogP contribution in [0.15, 0.2) is 53.0 Å². The first-order chi connectivity index (χ1) is 11.2. The van der Waals surface area contributed by atoms with E-state index in [0.29, 0.717) is 17.9 Å². The van der Waals surface area contributed by atoms with Gasteiger partial charge in [-0.3, -0.25) is 4.79 Å². The Bertz CT molecular complexity index is 684. The van der Waals surface area contributed by atoms with Gasteiger partial charge in [0.05, 0.1) is 5.56 Å². The molecule has 1 unspecified atom stereocenters. The van der Waals surface area contributed by atoms with E-state index in [0.717, 1.165) is 29.5 Å². The van der Waals surface area contributed by atoms with Crippen LogP contribution in [0.1, 0.15) is 22.3 Å². The van der Waals surface area contributed by atoms with Crippen LogP contribution in [0.2, 0.25) is 0 Å². The molecule has 23 heavy (non-hydrogen) atoms. The highest BCUT2D eigenvalue weighted by molar-refractivity contribution is 9.10. The minimum Gasteiger partial charge on any atom is -0.488 e. The molecule has 3 rings (SSSR count). The molecule has 0 aliphatic carbocycles. The van der Waals surface area contributed by atoms with Crippen molar-refractivity contribution in [2.75, 3.05) is 13.1 Å². The lowest BCUT2D eigenvalue weighted by Gasteiger charge is -2.14. The Morgan fingerprint density at radius 2 is 2.13 bits per heavy atom. The topological polar surface area (TPSA) is 50.4 Å². The second-order valence-corrected chi connectivity index (χ2v) is 6.49. The van der Waals surface area contributed by atoms with E-state index >= 15 is 0 Å². The molecule has 1 fully saturated rings. The predicted octanol–water partition coefficient (Wildman–Crippen LogP) is 3.12. The molecule has 5 heteroatoms. The van der Waals surface area contributed by atoms with E-state index in [1.807, 2.05) is 42.5 Å². The maximum Gasteiger partial charge on any atom is 0.255 e. The quantitative estimate of drug-likeness (QED) is 0.845. The molecule has 1 saturated heterocycles. The summed E-state index contributed by atoms with van der Waals surface area (Å²) in [4.78, 5) is 12.5. The molecule has 1 aliphatic heterocycles. The summed E-state index contributed by atoms with van der Waals surface area (Å²) in [5.74, 6) is 0.527. The molecule has 1 atom stereocenters. The fraction of sp³-hybridized carbons (Fsp3) is 0.278. The molecule has 1 amide bonds. The smallest absolute Gasteiger partial charge is 0.255 e. The van der Waals surface area contributed by atoms with Crippen LogP contribution in [0, 0.1) is 0 Å². The fourth-order valence-electron chi connectivity index (χ4n) is 2.61. The molecule has 2 aromatic carbocycles. The van der Waals surface area contributed by atoms with Gasteiger partial charge in [0.15, 0.2) is 0 Å². The predicted molar refractivity (Wildman–Crippen MR) is 93.7 cm³/mol. The number of hydrogen-bond acceptors (Lipinski definition) is 3. The van der Waals surface area contributed by atoms with Crippen molar-refractivity contribution < 1.29 is 9.53 Å². The lowest BCUT2D eigenvalue weighted by Crippen LogP contribution is -2.36. The number of rotatable bonds is 5. The molecule has 0 radical (unpaired) electrons. The van der Waals surface area contributed by atoms with Gasteiger partial charge >= 0.3 is 0 Å². The zero-order chi connectivity index (χ0) is 16.1. The van der Waals surface area contributed by atoms with E-state index < -0.39 is 0 Å². The van der Waals surface area contributed by atoms with Crippen molar-refractivity contribution in [1.29, 1.82) is 0 Å². The van der Waals surface area contributed by atoms with Crippen LogP contribution in [0.25, 0.3) is 0 Å². The second kappa shape index (κ2) is 7.62. The first-order valence-electron chi connectivity index (χ1n) is 7.70. The van der Waals surface area contributed by atoms with Gasteiger partial charge < -0.3 is 15.4 Å². The highest BCUT2D eigenvalue weighted by Crippen LogP contribution is 2.20. The van der Waals surface area contributed by atoms with Crippen molar-refractivity contribution in [2.45, 2.75) is 19.1 Å². The average molecular weight is 375 g/mol. The van der Waals surface area contributed by atoms with Crippen LogP contribution in [0.3, 0.4) is 0 Å². The van der Waals surface area contributed by atoms with Gasteiger partial charge in [0.1, 0.15) is 12.4 Å². The van der Waals surface area contributed by atoms with Gasteiger partial charge in [-0.15, -0.1) is 0 Å². The highest BCUT2D eigenvalue weighted by Gasteiger charge is 2.19. The monoisotopic (exact) mass is 374 g/mol. The van der Waals surface area contributed by atoms with Crippen LogP contribution in [-0.4, -0.2) is 25.0 Å². The number of carbonyl (C=O) groups is 1. The lowest BCUT2D eigenvalue weighted by molar-refractivity contribution is 0.0935. The highest BCUT2D eigenvalue weighted by atomic mass is 79.9. The molecule has 1 heterocycles. The summed E-state index contributed by atoms with van der Waals surface area (Å²) in [6.45, 7) is 2.20. The third-order valence-corrected chi connectivity index (χ3v) is 4.30. The number of benzene rings is 2. The van der Waals surface area contributed by atoms with Gasteiger partial charge in [0.25, 0.3) is 5.91 Å². The molecule has 0 spiro atoms. The maximum atomic E-state index is 12.5. The van der Waals surface area contributed by atoms with Crippen molar-refractivity contribution in [1.82, 2.24) is 10.6 Å². The average Bonchev–Trinajstić information content (AvgIpc) is 3.06. The number of amides is 1. The van der Waals surface area contributed by atoms with Crippen molar-refractivity contribution in [3.8, 4) is 5.75 Å². The summed E-state index contributed by atoms with van der Waals surface area (Å²) < 4.78 is 6.88. The van der Waals surface area contributed by atoms with E-state index in [-0.39, 0.29) is 11.9 Å². The van der Waals surface area contributed by atoms with Crippen LogP contribution in [-0.2, 0) is 6.61 Å². The Morgan fingerprint density at radius 3 is 2.91 bits per heavy atom. The molecule has 0 bridgehead atoms. The third-order valence-electron chi connectivity index (χ3n) is 3.81. The molecule has 2 aromatic rings. The molecule has 0 aromatic heterocycles.